The van der Waals surface area contributed by atoms with Crippen molar-refractivity contribution < 1.29 is 24.2 Å². The number of ketones is 1. The predicted octanol–water partition coefficient (Wildman–Crippen LogP) is 4.96. The Bertz CT molecular complexity index is 1260. The Labute approximate surface area is 201 Å². The number of aromatic nitrogens is 1. The molecule has 34 heavy (non-hydrogen) atoms. The largest absolute Gasteiger partial charge is 0.507 e. The summed E-state index contributed by atoms with van der Waals surface area (Å²) in [7, 11) is 1.54. The lowest BCUT2D eigenvalue weighted by Crippen LogP contribution is -2.29. The van der Waals surface area contributed by atoms with E-state index in [0.29, 0.717) is 34.4 Å². The molecular formula is C26H24N2O5S. The average Bonchev–Trinajstić information content (AvgIpc) is 3.32. The molecule has 1 amide bonds. The van der Waals surface area contributed by atoms with Crippen molar-refractivity contribution in [1.82, 2.24) is 4.98 Å². The van der Waals surface area contributed by atoms with Crippen LogP contribution in [-0.4, -0.2) is 35.5 Å². The SMILES string of the molecule is C=CCOc1ccc(C2/C(=C(\O)c3ccc(OC)cc3)C(=O)C(=O)N2c2nc(C)c(C)s2)cc1. The van der Waals surface area contributed by atoms with Gasteiger partial charge in [-0.3, -0.25) is 14.5 Å². The number of benzene rings is 2. The van der Waals surface area contributed by atoms with Gasteiger partial charge in [0, 0.05) is 10.4 Å². The molecule has 4 rings (SSSR count). The van der Waals surface area contributed by atoms with Crippen molar-refractivity contribution in [3.05, 3.63) is 88.5 Å². The van der Waals surface area contributed by atoms with Gasteiger partial charge in [-0.1, -0.05) is 24.8 Å². The Balaban J connectivity index is 1.86. The van der Waals surface area contributed by atoms with Crippen molar-refractivity contribution >= 4 is 33.9 Å². The van der Waals surface area contributed by atoms with E-state index in [2.05, 4.69) is 11.6 Å². The third-order valence-electron chi connectivity index (χ3n) is 5.59. The van der Waals surface area contributed by atoms with Crippen LogP contribution in [0.25, 0.3) is 5.76 Å². The van der Waals surface area contributed by atoms with Crippen molar-refractivity contribution in [2.24, 2.45) is 0 Å². The molecule has 1 N–H and O–H groups in total. The molecule has 1 saturated heterocycles. The van der Waals surface area contributed by atoms with Gasteiger partial charge >= 0.3 is 5.91 Å². The lowest BCUT2D eigenvalue weighted by atomic mass is 9.95. The zero-order chi connectivity index (χ0) is 24.4. The zero-order valence-corrected chi connectivity index (χ0v) is 19.9. The first-order chi connectivity index (χ1) is 16.3. The van der Waals surface area contributed by atoms with Gasteiger partial charge in [0.2, 0.25) is 0 Å². The van der Waals surface area contributed by atoms with Gasteiger partial charge in [-0.25, -0.2) is 4.98 Å². The summed E-state index contributed by atoms with van der Waals surface area (Å²) in [6, 6.07) is 12.9. The molecule has 1 aliphatic heterocycles. The van der Waals surface area contributed by atoms with Crippen LogP contribution in [0.1, 0.15) is 27.7 Å². The summed E-state index contributed by atoms with van der Waals surface area (Å²) >= 11 is 1.33. The predicted molar refractivity (Wildman–Crippen MR) is 131 cm³/mol. The van der Waals surface area contributed by atoms with Crippen molar-refractivity contribution in [2.75, 3.05) is 18.6 Å². The summed E-state index contributed by atoms with van der Waals surface area (Å²) in [4.78, 5) is 33.2. The van der Waals surface area contributed by atoms with Gasteiger partial charge in [-0.2, -0.15) is 0 Å². The highest BCUT2D eigenvalue weighted by Gasteiger charge is 2.48. The molecule has 0 spiro atoms. The molecule has 1 aromatic heterocycles. The Morgan fingerprint density at radius 2 is 1.76 bits per heavy atom. The van der Waals surface area contributed by atoms with Crippen LogP contribution in [0.3, 0.4) is 0 Å². The number of carbonyl (C=O) groups excluding carboxylic acids is 2. The third-order valence-corrected chi connectivity index (χ3v) is 6.67. The van der Waals surface area contributed by atoms with Crippen LogP contribution in [-0.2, 0) is 9.59 Å². The van der Waals surface area contributed by atoms with E-state index in [1.54, 1.807) is 61.7 Å². The van der Waals surface area contributed by atoms with Gasteiger partial charge in [-0.05, 0) is 55.8 Å². The number of hydrogen-bond donors (Lipinski definition) is 1. The maximum atomic E-state index is 13.2. The molecule has 2 heterocycles. The fourth-order valence-corrected chi connectivity index (χ4v) is 4.65. The Morgan fingerprint density at radius 1 is 1.12 bits per heavy atom. The van der Waals surface area contributed by atoms with Crippen LogP contribution in [0.2, 0.25) is 0 Å². The molecule has 3 aromatic rings. The number of hydrogen-bond acceptors (Lipinski definition) is 7. The maximum absolute atomic E-state index is 13.2. The minimum Gasteiger partial charge on any atom is -0.507 e. The summed E-state index contributed by atoms with van der Waals surface area (Å²) in [5.74, 6) is -0.531. The van der Waals surface area contributed by atoms with Crippen LogP contribution in [0.15, 0.2) is 66.8 Å². The molecule has 1 aliphatic rings. The fraction of sp³-hybridized carbons (Fsp3) is 0.192. The smallest absolute Gasteiger partial charge is 0.301 e. The molecular weight excluding hydrogens is 452 g/mol. The van der Waals surface area contributed by atoms with Gasteiger partial charge in [0.15, 0.2) is 5.13 Å². The minimum absolute atomic E-state index is 0.000401. The number of anilines is 1. The molecule has 7 nitrogen and oxygen atoms in total. The van der Waals surface area contributed by atoms with Crippen molar-refractivity contribution in [3.8, 4) is 11.5 Å². The highest BCUT2D eigenvalue weighted by atomic mass is 32.1. The molecule has 2 aromatic carbocycles. The second-order valence-corrected chi connectivity index (χ2v) is 8.89. The van der Waals surface area contributed by atoms with E-state index in [9.17, 15) is 14.7 Å². The Morgan fingerprint density at radius 3 is 2.32 bits per heavy atom. The number of aliphatic hydroxyl groups excluding tert-OH is 1. The standard InChI is InChI=1S/C26H24N2O5S/c1-5-14-33-20-12-6-17(7-13-20)22-21(23(29)18-8-10-19(32-4)11-9-18)24(30)25(31)28(22)26-27-15(2)16(3)34-26/h5-13,22,29H,1,14H2,2-4H3/b23-21+. The minimum atomic E-state index is -0.847. The van der Waals surface area contributed by atoms with Gasteiger partial charge < -0.3 is 14.6 Å². The number of methoxy groups -OCH3 is 1. The second kappa shape index (κ2) is 9.52. The van der Waals surface area contributed by atoms with Gasteiger partial charge in [0.05, 0.1) is 24.4 Å². The monoisotopic (exact) mass is 476 g/mol. The van der Waals surface area contributed by atoms with Crippen LogP contribution in [0.5, 0.6) is 11.5 Å². The Kier molecular flexibility index (Phi) is 6.51. The number of thiazole rings is 1. The van der Waals surface area contributed by atoms with Crippen molar-refractivity contribution in [2.45, 2.75) is 19.9 Å². The number of amides is 1. The number of nitrogens with zero attached hydrogens (tertiary/aromatic N) is 2. The maximum Gasteiger partial charge on any atom is 0.301 e. The molecule has 1 fully saturated rings. The van der Waals surface area contributed by atoms with Crippen LogP contribution < -0.4 is 14.4 Å². The van der Waals surface area contributed by atoms with E-state index >= 15 is 0 Å². The van der Waals surface area contributed by atoms with E-state index in [-0.39, 0.29) is 11.3 Å². The van der Waals surface area contributed by atoms with E-state index in [1.165, 1.54) is 16.2 Å². The first-order valence-electron chi connectivity index (χ1n) is 10.6. The molecule has 0 radical (unpaired) electrons. The van der Waals surface area contributed by atoms with Gasteiger partial charge in [0.25, 0.3) is 5.78 Å². The number of aryl methyl sites for hydroxylation is 2. The lowest BCUT2D eigenvalue weighted by Gasteiger charge is -2.23. The second-order valence-electron chi connectivity index (χ2n) is 7.70. The normalized spacial score (nSPS) is 17.1. The van der Waals surface area contributed by atoms with E-state index in [4.69, 9.17) is 9.47 Å². The molecule has 1 atom stereocenters. The summed E-state index contributed by atoms with van der Waals surface area (Å²) in [6.07, 6.45) is 1.64. The van der Waals surface area contributed by atoms with Gasteiger partial charge in [-0.15, -0.1) is 11.3 Å². The number of rotatable bonds is 7. The Hall–Kier alpha value is -3.91. The highest BCUT2D eigenvalue weighted by Crippen LogP contribution is 2.44. The lowest BCUT2D eigenvalue weighted by molar-refractivity contribution is -0.132. The molecule has 0 aliphatic carbocycles. The first-order valence-corrected chi connectivity index (χ1v) is 11.4. The summed E-state index contributed by atoms with van der Waals surface area (Å²) < 4.78 is 10.7. The third kappa shape index (κ3) is 4.20. The topological polar surface area (TPSA) is 89.0 Å². The molecule has 8 heteroatoms. The fourth-order valence-electron chi connectivity index (χ4n) is 3.71. The van der Waals surface area contributed by atoms with Crippen LogP contribution in [0.4, 0.5) is 5.13 Å². The summed E-state index contributed by atoms with van der Waals surface area (Å²) in [5, 5.41) is 11.6. The number of aliphatic hydroxyl groups is 1. The van der Waals surface area contributed by atoms with Gasteiger partial charge in [0.1, 0.15) is 23.9 Å². The quantitative estimate of drug-likeness (QED) is 0.224. The first kappa shape index (κ1) is 23.3. The number of carbonyl (C=O) groups is 2. The highest BCUT2D eigenvalue weighted by molar-refractivity contribution is 7.16. The van der Waals surface area contributed by atoms with Crippen LogP contribution >= 0.6 is 11.3 Å². The molecule has 174 valence electrons. The average molecular weight is 477 g/mol. The van der Waals surface area contributed by atoms with Crippen molar-refractivity contribution in [1.29, 1.82) is 0 Å². The number of ether oxygens (including phenoxy) is 2. The molecule has 1 unspecified atom stereocenters. The molecule has 0 bridgehead atoms. The molecule has 0 saturated carbocycles. The zero-order valence-electron chi connectivity index (χ0n) is 19.1. The van der Waals surface area contributed by atoms with Crippen LogP contribution in [0, 0.1) is 13.8 Å². The van der Waals surface area contributed by atoms with E-state index in [1.807, 2.05) is 13.8 Å². The van der Waals surface area contributed by atoms with E-state index < -0.39 is 17.7 Å². The van der Waals surface area contributed by atoms with Crippen molar-refractivity contribution in [3.63, 3.8) is 0 Å². The summed E-state index contributed by atoms with van der Waals surface area (Å²) in [5.41, 5.74) is 1.83. The summed E-state index contributed by atoms with van der Waals surface area (Å²) in [6.45, 7) is 7.75. The number of Topliss-reactive ketones (excluding diaryl/α,β-unsaturated/α-hetero) is 1. The van der Waals surface area contributed by atoms with E-state index in [0.717, 1.165) is 10.6 Å².